The van der Waals surface area contributed by atoms with E-state index in [1.165, 1.54) is 7.11 Å². The van der Waals surface area contributed by atoms with Gasteiger partial charge in [0, 0.05) is 23.3 Å². The molecule has 1 atom stereocenters. The number of amides is 1. The van der Waals surface area contributed by atoms with Crippen molar-refractivity contribution in [3.05, 3.63) is 28.2 Å². The Morgan fingerprint density at radius 2 is 2.32 bits per heavy atom. The van der Waals surface area contributed by atoms with E-state index in [0.29, 0.717) is 34.6 Å². The fraction of sp³-hybridized carbons (Fsp3) is 0.385. The summed E-state index contributed by atoms with van der Waals surface area (Å²) in [6.07, 6.45) is 0.408. The van der Waals surface area contributed by atoms with Gasteiger partial charge in [-0.1, -0.05) is 6.07 Å². The van der Waals surface area contributed by atoms with Crippen LogP contribution in [0.3, 0.4) is 0 Å². The average Bonchev–Trinajstić information content (AvgIpc) is 2.78. The van der Waals surface area contributed by atoms with Crippen LogP contribution in [0.2, 0.25) is 0 Å². The van der Waals surface area contributed by atoms with Gasteiger partial charge in [0.1, 0.15) is 0 Å². The van der Waals surface area contributed by atoms with Crippen molar-refractivity contribution in [3.8, 4) is 0 Å². The summed E-state index contributed by atoms with van der Waals surface area (Å²) in [5.41, 5.74) is 0.937. The van der Waals surface area contributed by atoms with Crippen molar-refractivity contribution in [1.82, 2.24) is 0 Å². The number of rotatable bonds is 3. The van der Waals surface area contributed by atoms with Crippen LogP contribution in [0.1, 0.15) is 16.8 Å². The van der Waals surface area contributed by atoms with Gasteiger partial charge >= 0.3 is 5.97 Å². The number of ether oxygens (including phenoxy) is 1. The monoisotopic (exact) mass is 345 g/mol. The number of methoxy groups -OCH3 is 1. The maximum Gasteiger partial charge on any atom is 0.340 e. The molecule has 2 rings (SSSR count). The van der Waals surface area contributed by atoms with Crippen LogP contribution in [0, 0.1) is 5.92 Å². The zero-order chi connectivity index (χ0) is 14.0. The molecule has 0 spiro atoms. The lowest BCUT2D eigenvalue weighted by Gasteiger charge is -2.20. The molecule has 1 heterocycles. The lowest BCUT2D eigenvalue weighted by molar-refractivity contribution is -0.117. The number of anilines is 1. The highest BCUT2D eigenvalue weighted by atomic mass is 79.9. The average molecular weight is 347 g/mol. The Labute approximate surface area is 124 Å². The van der Waals surface area contributed by atoms with Gasteiger partial charge in [0.05, 0.1) is 18.4 Å². The van der Waals surface area contributed by atoms with Crippen molar-refractivity contribution in [2.75, 3.05) is 24.4 Å². The van der Waals surface area contributed by atoms with E-state index in [0.717, 1.165) is 0 Å². The third kappa shape index (κ3) is 2.77. The molecular weight excluding hydrogens is 334 g/mol. The number of halogens is 2. The maximum atomic E-state index is 12.1. The Kier molecular flexibility index (Phi) is 4.47. The molecular formula is C13H13BrClNO3. The topological polar surface area (TPSA) is 46.6 Å². The highest BCUT2D eigenvalue weighted by Gasteiger charge is 2.33. The minimum atomic E-state index is -0.460. The second-order valence-electron chi connectivity index (χ2n) is 4.36. The summed E-state index contributed by atoms with van der Waals surface area (Å²) in [6.45, 7) is 0.523. The molecule has 0 aromatic heterocycles. The predicted octanol–water partition coefficient (Wildman–Crippen LogP) is 2.83. The number of hydrogen-bond donors (Lipinski definition) is 0. The van der Waals surface area contributed by atoms with E-state index in [1.54, 1.807) is 23.1 Å². The van der Waals surface area contributed by atoms with Crippen LogP contribution in [-0.2, 0) is 9.53 Å². The fourth-order valence-corrected chi connectivity index (χ4v) is 2.95. The first kappa shape index (κ1) is 14.3. The Morgan fingerprint density at radius 1 is 1.58 bits per heavy atom. The minimum Gasteiger partial charge on any atom is -0.465 e. The number of carbonyl (C=O) groups is 2. The lowest BCUT2D eigenvalue weighted by Crippen LogP contribution is -2.27. The number of alkyl halides is 1. The van der Waals surface area contributed by atoms with E-state index in [1.807, 2.05) is 0 Å². The van der Waals surface area contributed by atoms with Crippen LogP contribution in [0.5, 0.6) is 0 Å². The molecule has 1 aromatic carbocycles. The van der Waals surface area contributed by atoms with Gasteiger partial charge in [-0.3, -0.25) is 4.79 Å². The summed E-state index contributed by atoms with van der Waals surface area (Å²) < 4.78 is 5.45. The van der Waals surface area contributed by atoms with Crippen molar-refractivity contribution in [2.45, 2.75) is 6.42 Å². The molecule has 0 N–H and O–H groups in total. The van der Waals surface area contributed by atoms with E-state index < -0.39 is 5.97 Å². The molecule has 4 nitrogen and oxygen atoms in total. The zero-order valence-electron chi connectivity index (χ0n) is 10.4. The Balaban J connectivity index is 2.44. The van der Waals surface area contributed by atoms with Gasteiger partial charge in [-0.05, 0) is 34.0 Å². The predicted molar refractivity (Wildman–Crippen MR) is 76.7 cm³/mol. The van der Waals surface area contributed by atoms with Crippen molar-refractivity contribution < 1.29 is 14.3 Å². The van der Waals surface area contributed by atoms with Crippen molar-refractivity contribution in [2.24, 2.45) is 5.92 Å². The van der Waals surface area contributed by atoms with Gasteiger partial charge in [-0.2, -0.15) is 0 Å². The SMILES string of the molecule is COC(=O)c1cccc(Br)c1N1CC(CCl)CC1=O. The van der Waals surface area contributed by atoms with Gasteiger partial charge in [-0.25, -0.2) is 4.79 Å². The van der Waals surface area contributed by atoms with Gasteiger partial charge in [0.2, 0.25) is 5.91 Å². The first-order valence-corrected chi connectivity index (χ1v) is 7.14. The highest BCUT2D eigenvalue weighted by Crippen LogP contribution is 2.35. The fourth-order valence-electron chi connectivity index (χ4n) is 2.17. The molecule has 1 amide bonds. The zero-order valence-corrected chi connectivity index (χ0v) is 12.7. The van der Waals surface area contributed by atoms with Gasteiger partial charge < -0.3 is 9.64 Å². The van der Waals surface area contributed by atoms with Gasteiger partial charge in [0.25, 0.3) is 0 Å². The third-order valence-corrected chi connectivity index (χ3v) is 4.16. The largest absolute Gasteiger partial charge is 0.465 e. The Morgan fingerprint density at radius 3 is 2.89 bits per heavy atom. The van der Waals surface area contributed by atoms with E-state index in [2.05, 4.69) is 15.9 Å². The van der Waals surface area contributed by atoms with Crippen molar-refractivity contribution in [3.63, 3.8) is 0 Å². The molecule has 1 saturated heterocycles. The third-order valence-electron chi connectivity index (χ3n) is 3.09. The van der Waals surface area contributed by atoms with Crippen LogP contribution in [0.4, 0.5) is 5.69 Å². The van der Waals surface area contributed by atoms with E-state index in [9.17, 15) is 9.59 Å². The summed E-state index contributed by atoms with van der Waals surface area (Å²) in [5.74, 6) is 0.0631. The van der Waals surface area contributed by atoms with Crippen molar-refractivity contribution >= 4 is 45.1 Å². The lowest BCUT2D eigenvalue weighted by atomic mass is 10.1. The second-order valence-corrected chi connectivity index (χ2v) is 5.52. The molecule has 0 bridgehead atoms. The standard InChI is InChI=1S/C13H13BrClNO3/c1-19-13(18)9-3-2-4-10(14)12(9)16-7-8(6-15)5-11(16)17/h2-4,8H,5-7H2,1H3. The second kappa shape index (κ2) is 5.92. The molecule has 1 unspecified atom stereocenters. The smallest absolute Gasteiger partial charge is 0.340 e. The number of hydrogen-bond acceptors (Lipinski definition) is 3. The number of nitrogens with zero attached hydrogens (tertiary/aromatic N) is 1. The quantitative estimate of drug-likeness (QED) is 0.624. The molecule has 0 aliphatic carbocycles. The Hall–Kier alpha value is -1.07. The van der Waals surface area contributed by atoms with Gasteiger partial charge in [-0.15, -0.1) is 11.6 Å². The molecule has 1 aliphatic rings. The summed E-state index contributed by atoms with van der Waals surface area (Å²) in [6, 6.07) is 5.18. The molecule has 1 aromatic rings. The van der Waals surface area contributed by atoms with Crippen molar-refractivity contribution in [1.29, 1.82) is 0 Å². The molecule has 0 radical (unpaired) electrons. The normalized spacial score (nSPS) is 18.8. The molecule has 1 fully saturated rings. The molecule has 102 valence electrons. The van der Waals surface area contributed by atoms with Crippen LogP contribution in [0.15, 0.2) is 22.7 Å². The molecule has 19 heavy (non-hydrogen) atoms. The number of para-hydroxylation sites is 1. The highest BCUT2D eigenvalue weighted by molar-refractivity contribution is 9.10. The first-order valence-electron chi connectivity index (χ1n) is 5.81. The molecule has 1 aliphatic heterocycles. The summed E-state index contributed by atoms with van der Waals surface area (Å²) in [7, 11) is 1.32. The first-order chi connectivity index (χ1) is 9.08. The number of carbonyl (C=O) groups excluding carboxylic acids is 2. The molecule has 0 saturated carbocycles. The Bertz CT molecular complexity index is 521. The summed E-state index contributed by atoms with van der Waals surface area (Å²) in [4.78, 5) is 25.4. The van der Waals surface area contributed by atoms with Gasteiger partial charge in [0.15, 0.2) is 0 Å². The van der Waals surface area contributed by atoms with E-state index in [-0.39, 0.29) is 11.8 Å². The number of benzene rings is 1. The van der Waals surface area contributed by atoms with Crippen LogP contribution >= 0.6 is 27.5 Å². The molecule has 6 heteroatoms. The van der Waals surface area contributed by atoms with Crippen LogP contribution in [-0.4, -0.2) is 31.4 Å². The van der Waals surface area contributed by atoms with Crippen LogP contribution in [0.25, 0.3) is 0 Å². The number of esters is 1. The summed E-state index contributed by atoms with van der Waals surface area (Å²) in [5, 5.41) is 0. The summed E-state index contributed by atoms with van der Waals surface area (Å²) >= 11 is 9.20. The van der Waals surface area contributed by atoms with E-state index >= 15 is 0 Å². The van der Waals surface area contributed by atoms with E-state index in [4.69, 9.17) is 16.3 Å². The van der Waals surface area contributed by atoms with Crippen LogP contribution < -0.4 is 4.90 Å². The maximum absolute atomic E-state index is 12.1. The minimum absolute atomic E-state index is 0.0253.